The van der Waals surface area contributed by atoms with Crippen LogP contribution in [0.25, 0.3) is 0 Å². The van der Waals surface area contributed by atoms with Crippen molar-refractivity contribution < 1.29 is 43.7 Å². The molecule has 0 aromatic rings. The number of hydrogen-bond donors (Lipinski definition) is 1. The summed E-state index contributed by atoms with van der Waals surface area (Å²) in [5.74, 6) is 0. The molecule has 0 rings (SSSR count). The molecule has 0 bridgehead atoms. The largest absolute Gasteiger partial charge is 4.00 e. The second kappa shape index (κ2) is 4.86. The molecule has 0 aromatic heterocycles. The number of rotatable bonds is 0. The minimum atomic E-state index is -5.17. The van der Waals surface area contributed by atoms with E-state index in [-0.39, 0.29) is 32.4 Å². The van der Waals surface area contributed by atoms with Crippen molar-refractivity contribution in [3.8, 4) is 0 Å². The molecular weight excluding hydrogens is 201 g/mol. The van der Waals surface area contributed by atoms with E-state index in [2.05, 4.69) is 0 Å². The molecule has 0 aliphatic rings. The van der Waals surface area contributed by atoms with Gasteiger partial charge in [0.1, 0.15) is 0 Å². The van der Waals surface area contributed by atoms with E-state index >= 15 is 0 Å². The first-order chi connectivity index (χ1) is 2.00. The molecule has 5 nitrogen and oxygen atoms in total. The summed E-state index contributed by atoms with van der Waals surface area (Å²) in [5, 5.41) is 0. The Bertz CT molecular complexity index is 94.9. The smallest absolute Gasteiger partial charge is 0.759 e. The molecule has 0 heterocycles. The average molecular weight is 204 g/mol. The van der Waals surface area contributed by atoms with E-state index in [4.69, 9.17) is 17.5 Å². The fourth-order valence-electron chi connectivity index (χ4n) is 0. The van der Waals surface area contributed by atoms with Gasteiger partial charge in [0.05, 0.1) is 0 Å². The third kappa shape index (κ3) is 293. The van der Waals surface area contributed by atoms with Crippen LogP contribution in [0.15, 0.2) is 0 Å². The van der Waals surface area contributed by atoms with E-state index in [1.807, 2.05) is 0 Å². The summed E-state index contributed by atoms with van der Waals surface area (Å²) < 4.78 is 34.1. The topological polar surface area (TPSA) is 115 Å². The zero-order valence-electron chi connectivity index (χ0n) is 3.25. The van der Waals surface area contributed by atoms with Crippen LogP contribution < -0.4 is 6.15 Å². The third-order valence-corrected chi connectivity index (χ3v) is 0. The SMILES string of the molecule is N.O=S(=O)([O-])[O-].[Zr+4]. The molecule has 7 heteroatoms. The van der Waals surface area contributed by atoms with Gasteiger partial charge in [0.25, 0.3) is 0 Å². The van der Waals surface area contributed by atoms with E-state index in [1.54, 1.807) is 0 Å². The van der Waals surface area contributed by atoms with Crippen LogP contribution in [0.3, 0.4) is 0 Å². The molecule has 0 aromatic carbocycles. The Labute approximate surface area is 60.4 Å². The van der Waals surface area contributed by atoms with E-state index in [9.17, 15) is 0 Å². The van der Waals surface area contributed by atoms with Gasteiger partial charge in [-0.1, -0.05) is 0 Å². The van der Waals surface area contributed by atoms with Crippen LogP contribution in [0.5, 0.6) is 0 Å². The minimum Gasteiger partial charge on any atom is -0.759 e. The van der Waals surface area contributed by atoms with Gasteiger partial charge in [-0.25, -0.2) is 0 Å². The first kappa shape index (κ1) is 15.6. The average Bonchev–Trinajstić information content (AvgIpc) is 0.722. The van der Waals surface area contributed by atoms with Gasteiger partial charge < -0.3 is 15.3 Å². The molecule has 0 spiro atoms. The summed E-state index contributed by atoms with van der Waals surface area (Å²) in [6.45, 7) is 0. The molecule has 0 radical (unpaired) electrons. The first-order valence-electron chi connectivity index (χ1n) is 0.667. The van der Waals surface area contributed by atoms with Crippen molar-refractivity contribution >= 4 is 10.4 Å². The van der Waals surface area contributed by atoms with Crippen LogP contribution >= 0.6 is 0 Å². The Morgan fingerprint density at radius 3 is 1.14 bits per heavy atom. The maximum Gasteiger partial charge on any atom is 4.00 e. The van der Waals surface area contributed by atoms with Gasteiger partial charge in [-0.2, -0.15) is 0 Å². The Morgan fingerprint density at radius 1 is 1.14 bits per heavy atom. The first-order valence-corrected chi connectivity index (χ1v) is 2.00. The molecule has 0 amide bonds. The van der Waals surface area contributed by atoms with Crippen LogP contribution in [0.2, 0.25) is 0 Å². The van der Waals surface area contributed by atoms with Crippen molar-refractivity contribution in [2.24, 2.45) is 0 Å². The normalized spacial score (nSPS) is 8.29. The Morgan fingerprint density at radius 2 is 1.14 bits per heavy atom. The van der Waals surface area contributed by atoms with Crippen LogP contribution in [0.1, 0.15) is 0 Å². The van der Waals surface area contributed by atoms with E-state index in [0.29, 0.717) is 0 Å². The van der Waals surface area contributed by atoms with E-state index < -0.39 is 10.4 Å². The van der Waals surface area contributed by atoms with Crippen molar-refractivity contribution in [3.63, 3.8) is 0 Å². The molecule has 0 unspecified atom stereocenters. The van der Waals surface area contributed by atoms with Gasteiger partial charge in [0.2, 0.25) is 0 Å². The quantitative estimate of drug-likeness (QED) is 0.394. The fourth-order valence-corrected chi connectivity index (χ4v) is 0. The Kier molecular flexibility index (Phi) is 10.9. The summed E-state index contributed by atoms with van der Waals surface area (Å²) in [6, 6.07) is 0. The molecule has 7 heavy (non-hydrogen) atoms. The van der Waals surface area contributed by atoms with Crippen molar-refractivity contribution in [2.45, 2.75) is 0 Å². The van der Waals surface area contributed by atoms with Crippen LogP contribution in [0.4, 0.5) is 0 Å². The molecule has 0 saturated carbocycles. The van der Waals surface area contributed by atoms with Gasteiger partial charge in [-0.05, 0) is 0 Å². The second-order valence-electron chi connectivity index (χ2n) is 0.408. The molecule has 0 aliphatic carbocycles. The van der Waals surface area contributed by atoms with Gasteiger partial charge in [0, 0.05) is 10.4 Å². The summed E-state index contributed by atoms with van der Waals surface area (Å²) in [4.78, 5) is 0. The van der Waals surface area contributed by atoms with Crippen molar-refractivity contribution in [1.82, 2.24) is 6.15 Å². The second-order valence-corrected chi connectivity index (χ2v) is 1.22. The molecule has 40 valence electrons. The molecule has 0 fully saturated rings. The Hall–Kier alpha value is 0.713. The van der Waals surface area contributed by atoms with E-state index in [1.165, 1.54) is 0 Å². The maximum absolute atomic E-state index is 8.52. The zero-order valence-corrected chi connectivity index (χ0v) is 6.52. The third-order valence-electron chi connectivity index (χ3n) is 0. The van der Waals surface area contributed by atoms with Gasteiger partial charge in [0.15, 0.2) is 0 Å². The summed E-state index contributed by atoms with van der Waals surface area (Å²) in [7, 11) is -5.17. The molecule has 3 N–H and O–H groups in total. The fraction of sp³-hybridized carbons (Fsp3) is 0. The zero-order chi connectivity index (χ0) is 4.50. The summed E-state index contributed by atoms with van der Waals surface area (Å²) in [6.07, 6.45) is 0. The van der Waals surface area contributed by atoms with E-state index in [0.717, 1.165) is 0 Å². The monoisotopic (exact) mass is 203 g/mol. The van der Waals surface area contributed by atoms with Gasteiger partial charge >= 0.3 is 26.2 Å². The molecule has 0 saturated heterocycles. The van der Waals surface area contributed by atoms with Crippen molar-refractivity contribution in [3.05, 3.63) is 0 Å². The molecule has 0 aliphatic heterocycles. The Balaban J connectivity index is -0.0000000800. The minimum absolute atomic E-state index is 0. The van der Waals surface area contributed by atoms with Crippen LogP contribution in [0, 0.1) is 0 Å². The predicted octanol–water partition coefficient (Wildman–Crippen LogP) is -1.18. The standard InChI is InChI=1S/H3N.H2O4S.Zr/c;1-5(2,3)4;/h1H3;(H2,1,2,3,4);/q;;+4/p-2. The predicted molar refractivity (Wildman–Crippen MR) is 15.5 cm³/mol. The molecule has 0 atom stereocenters. The van der Waals surface area contributed by atoms with Gasteiger partial charge in [-0.15, -0.1) is 0 Å². The summed E-state index contributed by atoms with van der Waals surface area (Å²) in [5.41, 5.74) is 0. The van der Waals surface area contributed by atoms with Crippen molar-refractivity contribution in [2.75, 3.05) is 0 Å². The maximum atomic E-state index is 8.52. The molecular formula is H3NO4SZr+2. The van der Waals surface area contributed by atoms with Gasteiger partial charge in [-0.3, -0.25) is 8.42 Å². The number of hydrogen-bond acceptors (Lipinski definition) is 5. The van der Waals surface area contributed by atoms with Crippen molar-refractivity contribution in [1.29, 1.82) is 0 Å². The van der Waals surface area contributed by atoms with Crippen LogP contribution in [-0.2, 0) is 36.6 Å². The van der Waals surface area contributed by atoms with Crippen LogP contribution in [-0.4, -0.2) is 17.5 Å². The summed E-state index contributed by atoms with van der Waals surface area (Å²) >= 11 is 0.